The molecule has 1 aliphatic rings. The number of methoxy groups -OCH3 is 1. The Morgan fingerprint density at radius 1 is 1.38 bits per heavy atom. The molecule has 1 N–H and O–H groups in total. The second-order valence-corrected chi connectivity index (χ2v) is 4.86. The van der Waals surface area contributed by atoms with Crippen LogP contribution in [0.15, 0.2) is 24.3 Å². The number of hydrogen-bond donors (Lipinski definition) is 1. The van der Waals surface area contributed by atoms with E-state index in [4.69, 9.17) is 16.3 Å². The third-order valence-corrected chi connectivity index (χ3v) is 3.94. The van der Waals surface area contributed by atoms with Crippen molar-refractivity contribution in [3.63, 3.8) is 0 Å². The van der Waals surface area contributed by atoms with Gasteiger partial charge < -0.3 is 9.84 Å². The van der Waals surface area contributed by atoms with Crippen LogP contribution >= 0.6 is 11.6 Å². The summed E-state index contributed by atoms with van der Waals surface area (Å²) < 4.78 is 5.29. The summed E-state index contributed by atoms with van der Waals surface area (Å²) in [5.74, 6) is 0.720. The molecule has 0 radical (unpaired) electrons. The van der Waals surface area contributed by atoms with Crippen LogP contribution in [-0.2, 0) is 5.60 Å². The lowest BCUT2D eigenvalue weighted by Gasteiger charge is -2.37. The van der Waals surface area contributed by atoms with Gasteiger partial charge in [0.05, 0.1) is 12.5 Å². The molecule has 2 rings (SSSR count). The van der Waals surface area contributed by atoms with Crippen molar-refractivity contribution in [2.24, 2.45) is 0 Å². The van der Waals surface area contributed by atoms with Crippen molar-refractivity contribution < 1.29 is 9.84 Å². The van der Waals surface area contributed by atoms with Crippen LogP contribution in [0.1, 0.15) is 31.2 Å². The minimum atomic E-state index is -0.938. The quantitative estimate of drug-likeness (QED) is 0.806. The molecule has 0 unspecified atom stereocenters. The zero-order valence-corrected chi connectivity index (χ0v) is 10.2. The summed E-state index contributed by atoms with van der Waals surface area (Å²) in [6.07, 6.45) is 3.67. The van der Waals surface area contributed by atoms with E-state index in [0.717, 1.165) is 30.6 Å². The lowest BCUT2D eigenvalue weighted by molar-refractivity contribution is 0.00183. The first-order valence-electron chi connectivity index (χ1n) is 5.68. The summed E-state index contributed by atoms with van der Waals surface area (Å²) >= 11 is 6.28. The summed E-state index contributed by atoms with van der Waals surface area (Å²) in [6, 6.07) is 7.58. The van der Waals surface area contributed by atoms with E-state index in [0.29, 0.717) is 6.42 Å². The molecular weight excluding hydrogens is 224 g/mol. The Hall–Kier alpha value is -0.730. The molecule has 0 saturated heterocycles. The van der Waals surface area contributed by atoms with Crippen LogP contribution in [0.4, 0.5) is 0 Å². The smallest absolute Gasteiger partial charge is 0.125 e. The number of benzene rings is 1. The number of rotatable bonds is 2. The highest BCUT2D eigenvalue weighted by Gasteiger charge is 2.41. The normalized spacial score (nSPS) is 30.1. The van der Waals surface area contributed by atoms with Crippen LogP contribution in [0.25, 0.3) is 0 Å². The molecule has 1 aromatic rings. The van der Waals surface area contributed by atoms with Gasteiger partial charge in [0.1, 0.15) is 11.4 Å². The topological polar surface area (TPSA) is 29.5 Å². The standard InChI is InChI=1S/C13H17ClO2/c1-16-11-7-3-2-6-10(11)13(15)9-5-4-8-12(13)14/h2-3,6-7,12,15H,4-5,8-9H2,1H3/t12-,13-/m1/s1. The molecule has 0 aromatic heterocycles. The van der Waals surface area contributed by atoms with Crippen LogP contribution in [0, 0.1) is 0 Å². The molecule has 88 valence electrons. The maximum atomic E-state index is 10.7. The molecule has 0 bridgehead atoms. The highest BCUT2D eigenvalue weighted by molar-refractivity contribution is 6.21. The van der Waals surface area contributed by atoms with E-state index in [1.807, 2.05) is 24.3 Å². The monoisotopic (exact) mass is 240 g/mol. The number of alkyl halides is 1. The van der Waals surface area contributed by atoms with Gasteiger partial charge in [0.25, 0.3) is 0 Å². The van der Waals surface area contributed by atoms with Gasteiger partial charge >= 0.3 is 0 Å². The average Bonchev–Trinajstić information content (AvgIpc) is 2.33. The van der Waals surface area contributed by atoms with Crippen LogP contribution in [0.3, 0.4) is 0 Å². The minimum Gasteiger partial charge on any atom is -0.496 e. The van der Waals surface area contributed by atoms with Crippen LogP contribution in [-0.4, -0.2) is 17.6 Å². The first-order chi connectivity index (χ1) is 7.68. The second kappa shape index (κ2) is 4.64. The number of halogens is 1. The average molecular weight is 241 g/mol. The molecule has 1 saturated carbocycles. The Labute approximate surface area is 101 Å². The maximum Gasteiger partial charge on any atom is 0.125 e. The summed E-state index contributed by atoms with van der Waals surface area (Å²) in [5.41, 5.74) is -0.121. The number of para-hydroxylation sites is 1. The van der Waals surface area contributed by atoms with E-state index in [1.54, 1.807) is 7.11 Å². The molecule has 1 fully saturated rings. The number of aliphatic hydroxyl groups is 1. The van der Waals surface area contributed by atoms with Gasteiger partial charge in [-0.15, -0.1) is 11.6 Å². The van der Waals surface area contributed by atoms with Crippen LogP contribution < -0.4 is 4.74 Å². The highest BCUT2D eigenvalue weighted by Crippen LogP contribution is 2.43. The molecule has 0 heterocycles. The Bertz CT molecular complexity index is 367. The molecule has 0 spiro atoms. The molecule has 3 heteroatoms. The number of hydrogen-bond acceptors (Lipinski definition) is 2. The van der Waals surface area contributed by atoms with Crippen molar-refractivity contribution in [1.29, 1.82) is 0 Å². The van der Waals surface area contributed by atoms with E-state index >= 15 is 0 Å². The van der Waals surface area contributed by atoms with Crippen molar-refractivity contribution in [2.45, 2.75) is 36.7 Å². The molecule has 2 nitrogen and oxygen atoms in total. The zero-order chi connectivity index (χ0) is 11.6. The fourth-order valence-electron chi connectivity index (χ4n) is 2.42. The SMILES string of the molecule is COc1ccccc1[C@]1(O)CCCC[C@H]1Cl. The molecule has 0 amide bonds. The van der Waals surface area contributed by atoms with Crippen LogP contribution in [0.5, 0.6) is 5.75 Å². The highest BCUT2D eigenvalue weighted by atomic mass is 35.5. The Morgan fingerprint density at radius 3 is 2.81 bits per heavy atom. The zero-order valence-electron chi connectivity index (χ0n) is 9.45. The Balaban J connectivity index is 2.40. The molecule has 1 aliphatic carbocycles. The first kappa shape index (κ1) is 11.7. The first-order valence-corrected chi connectivity index (χ1v) is 6.12. The van der Waals surface area contributed by atoms with Gasteiger partial charge in [0.15, 0.2) is 0 Å². The minimum absolute atomic E-state index is 0.224. The van der Waals surface area contributed by atoms with E-state index in [1.165, 1.54) is 0 Å². The van der Waals surface area contributed by atoms with Crippen molar-refractivity contribution in [3.8, 4) is 5.75 Å². The predicted molar refractivity (Wildman–Crippen MR) is 65.0 cm³/mol. The lowest BCUT2D eigenvalue weighted by atomic mass is 9.79. The molecular formula is C13H17ClO2. The van der Waals surface area contributed by atoms with Crippen LogP contribution in [0.2, 0.25) is 0 Å². The largest absolute Gasteiger partial charge is 0.496 e. The van der Waals surface area contributed by atoms with Crippen molar-refractivity contribution in [2.75, 3.05) is 7.11 Å². The Morgan fingerprint density at radius 2 is 2.12 bits per heavy atom. The second-order valence-electron chi connectivity index (χ2n) is 4.34. The third-order valence-electron chi connectivity index (χ3n) is 3.36. The molecule has 16 heavy (non-hydrogen) atoms. The van der Waals surface area contributed by atoms with Gasteiger partial charge in [-0.1, -0.05) is 31.0 Å². The van der Waals surface area contributed by atoms with Gasteiger partial charge in [0, 0.05) is 5.56 Å². The van der Waals surface area contributed by atoms with Crippen molar-refractivity contribution in [1.82, 2.24) is 0 Å². The van der Waals surface area contributed by atoms with E-state index < -0.39 is 5.60 Å². The van der Waals surface area contributed by atoms with Gasteiger partial charge in [-0.25, -0.2) is 0 Å². The van der Waals surface area contributed by atoms with Crippen molar-refractivity contribution >= 4 is 11.6 Å². The van der Waals surface area contributed by atoms with E-state index in [9.17, 15) is 5.11 Å². The summed E-state index contributed by atoms with van der Waals surface area (Å²) in [6.45, 7) is 0. The van der Waals surface area contributed by atoms with Gasteiger partial charge in [0.2, 0.25) is 0 Å². The molecule has 1 aromatic carbocycles. The predicted octanol–water partition coefficient (Wildman–Crippen LogP) is 3.06. The fraction of sp³-hybridized carbons (Fsp3) is 0.538. The van der Waals surface area contributed by atoms with Gasteiger partial charge in [-0.3, -0.25) is 0 Å². The summed E-state index contributed by atoms with van der Waals surface area (Å²) in [7, 11) is 1.62. The van der Waals surface area contributed by atoms with Crippen molar-refractivity contribution in [3.05, 3.63) is 29.8 Å². The number of ether oxygens (including phenoxy) is 1. The lowest BCUT2D eigenvalue weighted by Crippen LogP contribution is -2.39. The summed E-state index contributed by atoms with van der Waals surface area (Å²) in [5, 5.41) is 10.5. The maximum absolute atomic E-state index is 10.7. The van der Waals surface area contributed by atoms with E-state index in [2.05, 4.69) is 0 Å². The summed E-state index contributed by atoms with van der Waals surface area (Å²) in [4.78, 5) is 0. The van der Waals surface area contributed by atoms with Gasteiger partial charge in [-0.05, 0) is 18.9 Å². The fourth-order valence-corrected chi connectivity index (χ4v) is 2.80. The van der Waals surface area contributed by atoms with Gasteiger partial charge in [-0.2, -0.15) is 0 Å². The molecule has 0 aliphatic heterocycles. The Kier molecular flexibility index (Phi) is 3.41. The van der Waals surface area contributed by atoms with E-state index in [-0.39, 0.29) is 5.38 Å². The third kappa shape index (κ3) is 1.92. The molecule has 2 atom stereocenters.